The van der Waals surface area contributed by atoms with E-state index in [0.29, 0.717) is 18.9 Å². The highest BCUT2D eigenvalue weighted by atomic mass is 16.6. The Hall–Kier alpha value is -1.93. The molecule has 1 saturated heterocycles. The van der Waals surface area contributed by atoms with Crippen LogP contribution in [0.3, 0.4) is 0 Å². The zero-order valence-electron chi connectivity index (χ0n) is 10.6. The molecule has 19 heavy (non-hydrogen) atoms. The zero-order valence-corrected chi connectivity index (χ0v) is 10.6. The zero-order chi connectivity index (χ0) is 14.0. The van der Waals surface area contributed by atoms with E-state index in [2.05, 4.69) is 10.4 Å². The molecule has 1 aromatic heterocycles. The minimum atomic E-state index is -0.478. The number of hydrogen-bond acceptors (Lipinski definition) is 7. The fourth-order valence-corrected chi connectivity index (χ4v) is 2.23. The van der Waals surface area contributed by atoms with Crippen molar-refractivity contribution in [2.75, 3.05) is 23.4 Å². The van der Waals surface area contributed by atoms with Crippen molar-refractivity contribution in [1.82, 2.24) is 4.98 Å². The lowest BCUT2D eigenvalue weighted by molar-refractivity contribution is -0.384. The molecule has 0 saturated carbocycles. The summed E-state index contributed by atoms with van der Waals surface area (Å²) in [7, 11) is 0. The van der Waals surface area contributed by atoms with Gasteiger partial charge in [0.15, 0.2) is 0 Å². The highest BCUT2D eigenvalue weighted by Crippen LogP contribution is 2.28. The summed E-state index contributed by atoms with van der Waals surface area (Å²) in [4.78, 5) is 16.5. The summed E-state index contributed by atoms with van der Waals surface area (Å²) >= 11 is 0. The Morgan fingerprint density at radius 3 is 2.95 bits per heavy atom. The predicted octanol–water partition coefficient (Wildman–Crippen LogP) is 0.482. The molecule has 8 nitrogen and oxygen atoms in total. The average Bonchev–Trinajstić information content (AvgIpc) is 2.87. The molecular weight excluding hydrogens is 250 g/mol. The first-order valence-electron chi connectivity index (χ1n) is 6.07. The standard InChI is InChI=1S/C11H17N5O3/c1-7(17)8-2-3-15(6-8)11-5-9(16(18)19)4-10(13-11)14-12/h4-5,7-8,17H,2-3,6,12H2,1H3,(H,13,14). The van der Waals surface area contributed by atoms with Gasteiger partial charge in [0, 0.05) is 19.0 Å². The quantitative estimate of drug-likeness (QED) is 0.412. The normalized spacial score (nSPS) is 20.4. The second kappa shape index (κ2) is 5.37. The summed E-state index contributed by atoms with van der Waals surface area (Å²) in [6.45, 7) is 3.10. The maximum absolute atomic E-state index is 10.9. The second-order valence-corrected chi connectivity index (χ2v) is 4.71. The summed E-state index contributed by atoms with van der Waals surface area (Å²) in [5.41, 5.74) is 2.27. The number of nitro groups is 1. The van der Waals surface area contributed by atoms with Crippen LogP contribution in [-0.2, 0) is 0 Å². The van der Waals surface area contributed by atoms with E-state index in [1.807, 2.05) is 4.90 Å². The van der Waals surface area contributed by atoms with Gasteiger partial charge < -0.3 is 15.4 Å². The van der Waals surface area contributed by atoms with Crippen molar-refractivity contribution in [2.24, 2.45) is 11.8 Å². The van der Waals surface area contributed by atoms with E-state index in [4.69, 9.17) is 5.84 Å². The van der Waals surface area contributed by atoms with Crippen LogP contribution in [0.15, 0.2) is 12.1 Å². The van der Waals surface area contributed by atoms with E-state index in [0.717, 1.165) is 6.42 Å². The van der Waals surface area contributed by atoms with Crippen molar-refractivity contribution in [3.63, 3.8) is 0 Å². The lowest BCUT2D eigenvalue weighted by Gasteiger charge is -2.19. The number of aliphatic hydroxyl groups excluding tert-OH is 1. The number of nitrogens with one attached hydrogen (secondary N) is 1. The van der Waals surface area contributed by atoms with Crippen molar-refractivity contribution in [3.8, 4) is 0 Å². The Labute approximate surface area is 110 Å². The maximum atomic E-state index is 10.9. The number of nitrogen functional groups attached to an aromatic ring is 1. The molecule has 0 aromatic carbocycles. The van der Waals surface area contributed by atoms with E-state index >= 15 is 0 Å². The largest absolute Gasteiger partial charge is 0.393 e. The second-order valence-electron chi connectivity index (χ2n) is 4.71. The first-order chi connectivity index (χ1) is 9.01. The van der Waals surface area contributed by atoms with E-state index in [9.17, 15) is 15.2 Å². The number of hydrogen-bond donors (Lipinski definition) is 3. The van der Waals surface area contributed by atoms with Gasteiger partial charge in [-0.15, -0.1) is 0 Å². The molecule has 1 aliphatic heterocycles. The Balaban J connectivity index is 2.25. The predicted molar refractivity (Wildman–Crippen MR) is 70.7 cm³/mol. The highest BCUT2D eigenvalue weighted by molar-refractivity contribution is 5.55. The van der Waals surface area contributed by atoms with Gasteiger partial charge in [0.1, 0.15) is 11.6 Å². The van der Waals surface area contributed by atoms with E-state index in [1.54, 1.807) is 6.92 Å². The molecule has 2 atom stereocenters. The fourth-order valence-electron chi connectivity index (χ4n) is 2.23. The van der Waals surface area contributed by atoms with E-state index < -0.39 is 11.0 Å². The molecule has 4 N–H and O–H groups in total. The van der Waals surface area contributed by atoms with Crippen molar-refractivity contribution in [1.29, 1.82) is 0 Å². The number of hydrazine groups is 1. The number of nitrogens with two attached hydrogens (primary N) is 1. The number of aromatic nitrogens is 1. The third-order valence-electron chi connectivity index (χ3n) is 3.39. The minimum Gasteiger partial charge on any atom is -0.393 e. The van der Waals surface area contributed by atoms with Crippen LogP contribution in [0.4, 0.5) is 17.3 Å². The fraction of sp³-hybridized carbons (Fsp3) is 0.545. The first kappa shape index (κ1) is 13.5. The van der Waals surface area contributed by atoms with Crippen LogP contribution >= 0.6 is 0 Å². The number of aliphatic hydroxyl groups is 1. The highest BCUT2D eigenvalue weighted by Gasteiger charge is 2.28. The molecule has 0 amide bonds. The smallest absolute Gasteiger partial charge is 0.276 e. The first-order valence-corrected chi connectivity index (χ1v) is 6.07. The lowest BCUT2D eigenvalue weighted by Crippen LogP contribution is -2.25. The van der Waals surface area contributed by atoms with Gasteiger partial charge in [-0.1, -0.05) is 0 Å². The van der Waals surface area contributed by atoms with Crippen LogP contribution in [0.1, 0.15) is 13.3 Å². The summed E-state index contributed by atoms with van der Waals surface area (Å²) in [6, 6.07) is 2.71. The molecular formula is C11H17N5O3. The van der Waals surface area contributed by atoms with Gasteiger partial charge >= 0.3 is 0 Å². The van der Waals surface area contributed by atoms with Crippen molar-refractivity contribution in [2.45, 2.75) is 19.4 Å². The monoisotopic (exact) mass is 267 g/mol. The molecule has 2 unspecified atom stereocenters. The van der Waals surface area contributed by atoms with Crippen molar-refractivity contribution < 1.29 is 10.0 Å². The van der Waals surface area contributed by atoms with Gasteiger partial charge in [-0.2, -0.15) is 0 Å². The van der Waals surface area contributed by atoms with Crippen LogP contribution in [-0.4, -0.2) is 34.2 Å². The van der Waals surface area contributed by atoms with Crippen LogP contribution in [0, 0.1) is 16.0 Å². The molecule has 0 radical (unpaired) electrons. The molecule has 104 valence electrons. The molecule has 0 spiro atoms. The Morgan fingerprint density at radius 1 is 1.68 bits per heavy atom. The molecule has 1 aromatic rings. The van der Waals surface area contributed by atoms with Crippen LogP contribution in [0.25, 0.3) is 0 Å². The average molecular weight is 267 g/mol. The molecule has 1 aliphatic rings. The topological polar surface area (TPSA) is 118 Å². The van der Waals surface area contributed by atoms with Gasteiger partial charge in [0.25, 0.3) is 5.69 Å². The number of rotatable bonds is 4. The van der Waals surface area contributed by atoms with Crippen molar-refractivity contribution >= 4 is 17.3 Å². The summed E-state index contributed by atoms with van der Waals surface area (Å²) in [6.07, 6.45) is 0.448. The molecule has 0 aliphatic carbocycles. The number of nitrogens with zero attached hydrogens (tertiary/aromatic N) is 3. The molecule has 2 rings (SSSR count). The van der Waals surface area contributed by atoms with Gasteiger partial charge in [0.2, 0.25) is 0 Å². The van der Waals surface area contributed by atoms with E-state index in [-0.39, 0.29) is 17.4 Å². The van der Waals surface area contributed by atoms with Gasteiger partial charge in [-0.3, -0.25) is 10.1 Å². The Kier molecular flexibility index (Phi) is 3.82. The van der Waals surface area contributed by atoms with E-state index in [1.165, 1.54) is 12.1 Å². The third-order valence-corrected chi connectivity index (χ3v) is 3.39. The minimum absolute atomic E-state index is 0.0570. The Morgan fingerprint density at radius 2 is 2.42 bits per heavy atom. The summed E-state index contributed by atoms with van der Waals surface area (Å²) in [5.74, 6) is 6.19. The van der Waals surface area contributed by atoms with Gasteiger partial charge in [-0.05, 0) is 13.3 Å². The molecule has 0 bridgehead atoms. The summed E-state index contributed by atoms with van der Waals surface area (Å²) in [5, 5.41) is 20.4. The maximum Gasteiger partial charge on any atom is 0.276 e. The lowest BCUT2D eigenvalue weighted by atomic mass is 10.0. The third kappa shape index (κ3) is 2.91. The molecule has 8 heteroatoms. The van der Waals surface area contributed by atoms with Gasteiger partial charge in [0.05, 0.1) is 23.2 Å². The number of pyridine rings is 1. The molecule has 1 fully saturated rings. The van der Waals surface area contributed by atoms with Crippen LogP contribution in [0.5, 0.6) is 0 Å². The van der Waals surface area contributed by atoms with Crippen LogP contribution in [0.2, 0.25) is 0 Å². The number of anilines is 2. The Bertz CT molecular complexity index is 479. The van der Waals surface area contributed by atoms with Crippen LogP contribution < -0.4 is 16.2 Å². The molecule has 2 heterocycles. The summed E-state index contributed by atoms with van der Waals surface area (Å²) < 4.78 is 0. The van der Waals surface area contributed by atoms with Gasteiger partial charge in [-0.25, -0.2) is 10.8 Å². The van der Waals surface area contributed by atoms with Crippen molar-refractivity contribution in [3.05, 3.63) is 22.2 Å². The SMILES string of the molecule is CC(O)C1CCN(c2cc([N+](=O)[O-])cc(NN)n2)C1.